The predicted octanol–water partition coefficient (Wildman–Crippen LogP) is 12.7. The molecule has 8 N–H and O–H groups in total. The first-order valence-electron chi connectivity index (χ1n) is 29.6. The van der Waals surface area contributed by atoms with E-state index in [1.165, 1.54) is 77.5 Å². The normalized spacial score (nSPS) is 10.9. The van der Waals surface area contributed by atoms with Gasteiger partial charge in [-0.15, -0.1) is 46.4 Å². The molecule has 1 aromatic carbocycles. The van der Waals surface area contributed by atoms with Crippen molar-refractivity contribution < 1.29 is 28.2 Å². The van der Waals surface area contributed by atoms with Crippen LogP contribution in [0, 0.1) is 5.82 Å². The van der Waals surface area contributed by atoms with Crippen molar-refractivity contribution in [3.8, 4) is 11.4 Å². The second-order valence-corrected chi connectivity index (χ2v) is 26.0. The molecule has 0 unspecified atom stereocenters. The SMILES string of the molecule is CC(C)(C)OC(=O)Nc1ncc(CCNc2ncnc3cn(-c4ccncc4)nc23)s1.CC(C)(C)OC(=O)Nc1ncc(CCNc2ncnc3cn[nH]c23)s1.Cl.Fc1ccncc1.O=C(Nc1cccc(Cl)c1)Nc1ncc(CCNc2ncnc3cn(-c4ccncc4)nc23)s1. The molecule has 0 bridgehead atoms. The van der Waals surface area contributed by atoms with Crippen molar-refractivity contribution in [2.75, 3.05) is 56.9 Å². The Morgan fingerprint density at radius 2 is 0.959 bits per heavy atom. The van der Waals surface area contributed by atoms with E-state index in [1.807, 2.05) is 78.2 Å². The Hall–Kier alpha value is -11.1. The maximum absolute atomic E-state index is 12.2. The Balaban J connectivity index is 0.000000164. The molecule has 0 aliphatic rings. The second-order valence-electron chi connectivity index (χ2n) is 22.3. The summed E-state index contributed by atoms with van der Waals surface area (Å²) in [5.41, 5.74) is 5.70. The van der Waals surface area contributed by atoms with Crippen LogP contribution in [0.4, 0.5) is 57.3 Å². The number of carbonyl (C=O) groups excluding carboxylic acids is 3. The lowest BCUT2D eigenvalue weighted by molar-refractivity contribution is 0.0624. The number of aromatic nitrogens is 18. The quantitative estimate of drug-likeness (QED) is 0.0395. The number of nitrogens with one attached hydrogen (secondary N) is 8. The monoisotopic (exact) mass is 1420 g/mol. The fraction of sp³-hybridized carbons (Fsp3) is 0.226. The number of benzene rings is 1. The van der Waals surface area contributed by atoms with E-state index >= 15 is 0 Å². The summed E-state index contributed by atoms with van der Waals surface area (Å²) in [7, 11) is 0. The molecule has 0 spiro atoms. The molecular formula is C62H64Cl2FN25O5S3. The Labute approximate surface area is 582 Å². The van der Waals surface area contributed by atoms with Gasteiger partial charge in [0.1, 0.15) is 58.1 Å². The van der Waals surface area contributed by atoms with Crippen molar-refractivity contribution in [3.05, 3.63) is 179 Å². The minimum absolute atomic E-state index is 0. The summed E-state index contributed by atoms with van der Waals surface area (Å²) < 4.78 is 25.8. The van der Waals surface area contributed by atoms with E-state index < -0.39 is 23.4 Å². The molecule has 13 aromatic rings. The van der Waals surface area contributed by atoms with Gasteiger partial charge in [-0.05, 0) is 96.1 Å². The zero-order chi connectivity index (χ0) is 68.2. The first-order valence-corrected chi connectivity index (χ1v) is 32.4. The molecule has 13 rings (SSSR count). The zero-order valence-corrected chi connectivity index (χ0v) is 57.2. The van der Waals surface area contributed by atoms with E-state index in [0.717, 1.165) is 54.5 Å². The summed E-state index contributed by atoms with van der Waals surface area (Å²) in [6.45, 7) is 12.8. The largest absolute Gasteiger partial charge is 0.444 e. The highest BCUT2D eigenvalue weighted by atomic mass is 35.5. The lowest BCUT2D eigenvalue weighted by Crippen LogP contribution is -2.27. The van der Waals surface area contributed by atoms with Crippen molar-refractivity contribution in [3.63, 3.8) is 0 Å². The van der Waals surface area contributed by atoms with E-state index in [-0.39, 0.29) is 24.3 Å². The molecule has 0 atom stereocenters. The average molecular weight is 1430 g/mol. The van der Waals surface area contributed by atoms with Gasteiger partial charge in [0.05, 0.1) is 30.0 Å². The molecule has 0 saturated heterocycles. The Kier molecular flexibility index (Phi) is 24.7. The van der Waals surface area contributed by atoms with Gasteiger partial charge < -0.3 is 30.7 Å². The van der Waals surface area contributed by atoms with Crippen molar-refractivity contribution in [1.29, 1.82) is 0 Å². The Morgan fingerprint density at radius 1 is 0.531 bits per heavy atom. The highest BCUT2D eigenvalue weighted by Crippen LogP contribution is 2.26. The molecule has 12 aromatic heterocycles. The van der Waals surface area contributed by atoms with Crippen LogP contribution in [0.25, 0.3) is 44.5 Å². The minimum atomic E-state index is -0.554. The number of aromatic amines is 1. The molecule has 36 heteroatoms. The summed E-state index contributed by atoms with van der Waals surface area (Å²) >= 11 is 10.2. The molecule has 0 aliphatic carbocycles. The van der Waals surface area contributed by atoms with Crippen LogP contribution >= 0.6 is 58.0 Å². The van der Waals surface area contributed by atoms with Crippen LogP contribution < -0.4 is 37.2 Å². The van der Waals surface area contributed by atoms with Crippen molar-refractivity contribution in [1.82, 2.24) is 89.6 Å². The van der Waals surface area contributed by atoms with Crippen LogP contribution in [0.5, 0.6) is 0 Å². The third-order valence-electron chi connectivity index (χ3n) is 12.5. The first kappa shape index (κ1) is 71.2. The molecule has 0 saturated carbocycles. The number of halogens is 3. The van der Waals surface area contributed by atoms with E-state index in [4.69, 9.17) is 21.1 Å². The van der Waals surface area contributed by atoms with Gasteiger partial charge in [0.25, 0.3) is 0 Å². The fourth-order valence-electron chi connectivity index (χ4n) is 8.39. The fourth-order valence-corrected chi connectivity index (χ4v) is 11.0. The molecule has 98 heavy (non-hydrogen) atoms. The number of fused-ring (bicyclic) bond motifs is 3. The maximum atomic E-state index is 12.2. The number of hydrogen-bond acceptors (Lipinski definition) is 26. The second kappa shape index (κ2) is 34.0. The van der Waals surface area contributed by atoms with Gasteiger partial charge in [-0.1, -0.05) is 17.7 Å². The summed E-state index contributed by atoms with van der Waals surface area (Å²) in [5.74, 6) is 1.78. The lowest BCUT2D eigenvalue weighted by atomic mass is 10.2. The summed E-state index contributed by atoms with van der Waals surface area (Å²) in [6.07, 6.45) is 25.9. The molecule has 12 heterocycles. The molecule has 4 amide bonds. The summed E-state index contributed by atoms with van der Waals surface area (Å²) in [5, 5.41) is 38.8. The van der Waals surface area contributed by atoms with E-state index in [9.17, 15) is 18.8 Å². The van der Waals surface area contributed by atoms with Crippen LogP contribution in [0.2, 0.25) is 5.02 Å². The minimum Gasteiger partial charge on any atom is -0.444 e. The van der Waals surface area contributed by atoms with Gasteiger partial charge in [0.15, 0.2) is 43.9 Å². The topological polar surface area (TPSA) is 373 Å². The van der Waals surface area contributed by atoms with E-state index in [0.29, 0.717) is 87.1 Å². The van der Waals surface area contributed by atoms with Crippen LogP contribution in [0.3, 0.4) is 0 Å². The van der Waals surface area contributed by atoms with Crippen molar-refractivity contribution in [2.45, 2.75) is 72.0 Å². The van der Waals surface area contributed by atoms with Crippen LogP contribution in [-0.4, -0.2) is 139 Å². The number of anilines is 7. The van der Waals surface area contributed by atoms with Crippen LogP contribution in [0.15, 0.2) is 154 Å². The smallest absolute Gasteiger partial charge is 0.413 e. The van der Waals surface area contributed by atoms with Gasteiger partial charge in [-0.25, -0.2) is 73.0 Å². The Bertz CT molecular complexity index is 4700. The van der Waals surface area contributed by atoms with Gasteiger partial charge >= 0.3 is 18.2 Å². The van der Waals surface area contributed by atoms with E-state index in [2.05, 4.69) is 117 Å². The number of H-pyrrole nitrogens is 1. The number of ether oxygens (including phenoxy) is 2. The molecule has 506 valence electrons. The number of rotatable bonds is 18. The molecular weight excluding hydrogens is 1360 g/mol. The van der Waals surface area contributed by atoms with Gasteiger partial charge in [0.2, 0.25) is 0 Å². The molecule has 0 radical (unpaired) electrons. The molecule has 30 nitrogen and oxygen atoms in total. The third-order valence-corrected chi connectivity index (χ3v) is 15.7. The average Bonchev–Trinajstić information content (AvgIpc) is 1.69. The van der Waals surface area contributed by atoms with Gasteiger partial charge in [0, 0.05) is 120 Å². The summed E-state index contributed by atoms with van der Waals surface area (Å²) in [4.78, 5) is 88.8. The number of thiazole rings is 3. The van der Waals surface area contributed by atoms with Crippen LogP contribution in [0.1, 0.15) is 56.2 Å². The number of amides is 4. The van der Waals surface area contributed by atoms with E-state index in [1.54, 1.807) is 83.2 Å². The highest BCUT2D eigenvalue weighted by Gasteiger charge is 2.20. The van der Waals surface area contributed by atoms with Gasteiger partial charge in [-0.3, -0.25) is 36.0 Å². The number of hydrogen-bond donors (Lipinski definition) is 8. The predicted molar refractivity (Wildman–Crippen MR) is 379 cm³/mol. The standard InChI is InChI=1S/C22H18ClN9OS.C20H22N8O2S.C15H19N7O2S.C5H4FN.ClH/c23-14-2-1-3-15(10-14)29-21(33)30-22-26-11-17(34-22)6-9-25-20-19-18(27-13-28-20)12-32(31-19)16-4-7-24-8-5-16;1-20(2,3)30-19(29)26-18-23-10-14(31-18)6-9-22-17-16-15(24-12-25-17)11-28(27-16)13-4-7-21-8-5-13;1-15(2,3)24-14(23)21-13-17-6-9(25-13)4-5-16-12-11-10(7-20-22-11)18-8-19-12;6-5-1-3-7-4-2-5;/h1-5,7-8,10-13H,6,9H2,(H,25,27,28)(H2,26,29,30,33);4-5,7-8,10-12H,6,9H2,1-3H3,(H,22,24,25)(H,23,26,29);6-8H,4-5H2,1-3H3,(H,20,22)(H,16,18,19)(H,17,21,23);1-4H;1H. The number of nitrogens with zero attached hydrogens (tertiary/aromatic N) is 17. The summed E-state index contributed by atoms with van der Waals surface area (Å²) in [6, 6.07) is 16.7. The number of urea groups is 1. The molecule has 0 aliphatic heterocycles. The number of pyridine rings is 3. The zero-order valence-electron chi connectivity index (χ0n) is 53.2. The van der Waals surface area contributed by atoms with Crippen molar-refractivity contribution in [2.24, 2.45) is 0 Å². The van der Waals surface area contributed by atoms with Gasteiger partial charge in [-0.2, -0.15) is 15.3 Å². The van der Waals surface area contributed by atoms with Crippen LogP contribution in [-0.2, 0) is 28.7 Å². The lowest BCUT2D eigenvalue weighted by Gasteiger charge is -2.18. The number of carbonyl (C=O) groups is 3. The highest BCUT2D eigenvalue weighted by molar-refractivity contribution is 7.16. The third kappa shape index (κ3) is 21.7. The molecule has 0 fully saturated rings. The van der Waals surface area contributed by atoms with Crippen molar-refractivity contribution >= 4 is 148 Å². The Morgan fingerprint density at radius 3 is 1.40 bits per heavy atom. The first-order chi connectivity index (χ1) is 46.8. The maximum Gasteiger partial charge on any atom is 0.413 e.